The molecule has 3 nitrogen and oxygen atoms in total. The van der Waals surface area contributed by atoms with Crippen molar-refractivity contribution in [2.24, 2.45) is 0 Å². The highest BCUT2D eigenvalue weighted by molar-refractivity contribution is 5.87. The van der Waals surface area contributed by atoms with E-state index in [0.717, 1.165) is 0 Å². The van der Waals surface area contributed by atoms with E-state index in [0.29, 0.717) is 5.57 Å². The highest BCUT2D eigenvalue weighted by atomic mass is 16.6. The number of hydrogen-bond donors (Lipinski definition) is 1. The van der Waals surface area contributed by atoms with Crippen LogP contribution in [-0.4, -0.2) is 23.3 Å². The normalized spacial score (nSPS) is 9.69. The molecule has 0 atom stereocenters. The van der Waals surface area contributed by atoms with Crippen molar-refractivity contribution < 1.29 is 14.6 Å². The van der Waals surface area contributed by atoms with Crippen LogP contribution in [0.15, 0.2) is 12.2 Å². The second-order valence-corrected chi connectivity index (χ2v) is 3.60. The summed E-state index contributed by atoms with van der Waals surface area (Å²) in [4.78, 5) is 10.8. The molecule has 0 aliphatic rings. The van der Waals surface area contributed by atoms with Gasteiger partial charge in [0.25, 0.3) is 0 Å². The highest BCUT2D eigenvalue weighted by Gasteiger charge is 2.15. The minimum Gasteiger partial charge on any atom is -0.457 e. The van der Waals surface area contributed by atoms with Crippen molar-refractivity contribution in [3.63, 3.8) is 0 Å². The van der Waals surface area contributed by atoms with E-state index in [9.17, 15) is 4.79 Å². The third kappa shape index (κ3) is 14.1. The maximum Gasteiger partial charge on any atom is 0.333 e. The van der Waals surface area contributed by atoms with Gasteiger partial charge in [0.2, 0.25) is 0 Å². The zero-order chi connectivity index (χ0) is 11.1. The lowest BCUT2D eigenvalue weighted by atomic mass is 10.2. The first-order valence-electron chi connectivity index (χ1n) is 4.24. The molecule has 3 heteroatoms. The summed E-state index contributed by atoms with van der Waals surface area (Å²) in [6, 6.07) is 0. The molecule has 13 heavy (non-hydrogen) atoms. The largest absolute Gasteiger partial charge is 0.457 e. The predicted molar refractivity (Wildman–Crippen MR) is 53.4 cm³/mol. The molecule has 0 saturated heterocycles. The van der Waals surface area contributed by atoms with Crippen molar-refractivity contribution in [3.05, 3.63) is 12.2 Å². The van der Waals surface area contributed by atoms with E-state index in [1.54, 1.807) is 13.8 Å². The number of carbonyl (C=O) groups excluding carboxylic acids is 1. The van der Waals surface area contributed by atoms with E-state index in [1.807, 2.05) is 20.8 Å². The summed E-state index contributed by atoms with van der Waals surface area (Å²) in [6.07, 6.45) is 0. The molecule has 0 amide bonds. The van der Waals surface area contributed by atoms with E-state index in [1.165, 1.54) is 0 Å². The van der Waals surface area contributed by atoms with E-state index >= 15 is 0 Å². The van der Waals surface area contributed by atoms with Crippen molar-refractivity contribution in [2.75, 3.05) is 6.61 Å². The van der Waals surface area contributed by atoms with Gasteiger partial charge in [-0.15, -0.1) is 0 Å². The van der Waals surface area contributed by atoms with Crippen LogP contribution in [0, 0.1) is 0 Å². The summed E-state index contributed by atoms with van der Waals surface area (Å²) in [5, 5.41) is 7.57. The lowest BCUT2D eigenvalue weighted by Crippen LogP contribution is -2.23. The Bertz CT molecular complexity index is 165. The third-order valence-electron chi connectivity index (χ3n) is 0.747. The van der Waals surface area contributed by atoms with Crippen molar-refractivity contribution in [3.8, 4) is 0 Å². The second kappa shape index (κ2) is 6.66. The van der Waals surface area contributed by atoms with Gasteiger partial charge in [0.05, 0.1) is 0 Å². The SMILES string of the molecule is C=C(C)C(=O)OC(C)(C)C.CCO. The van der Waals surface area contributed by atoms with Gasteiger partial charge in [-0.25, -0.2) is 4.79 Å². The average Bonchev–Trinajstić information content (AvgIpc) is 1.84. The second-order valence-electron chi connectivity index (χ2n) is 3.60. The Balaban J connectivity index is 0. The molecule has 0 aromatic carbocycles. The maximum atomic E-state index is 10.8. The van der Waals surface area contributed by atoms with Crippen LogP contribution in [0.3, 0.4) is 0 Å². The third-order valence-corrected chi connectivity index (χ3v) is 0.747. The summed E-state index contributed by atoms with van der Waals surface area (Å²) in [6.45, 7) is 12.5. The maximum absolute atomic E-state index is 10.8. The fourth-order valence-electron chi connectivity index (χ4n) is 0.365. The van der Waals surface area contributed by atoms with Gasteiger partial charge in [-0.1, -0.05) is 6.58 Å². The topological polar surface area (TPSA) is 46.5 Å². The molecule has 0 aliphatic carbocycles. The fraction of sp³-hybridized carbons (Fsp3) is 0.700. The lowest BCUT2D eigenvalue weighted by Gasteiger charge is -2.19. The number of aliphatic hydroxyl groups excluding tert-OH is 1. The van der Waals surface area contributed by atoms with Gasteiger partial charge in [0.15, 0.2) is 0 Å². The minimum absolute atomic E-state index is 0.250. The van der Waals surface area contributed by atoms with Crippen LogP contribution in [0.1, 0.15) is 34.6 Å². The Kier molecular flexibility index (Phi) is 7.52. The Hall–Kier alpha value is -0.830. The minimum atomic E-state index is -0.407. The number of esters is 1. The van der Waals surface area contributed by atoms with Gasteiger partial charge in [0.1, 0.15) is 5.60 Å². The van der Waals surface area contributed by atoms with E-state index in [-0.39, 0.29) is 12.6 Å². The van der Waals surface area contributed by atoms with Gasteiger partial charge in [-0.2, -0.15) is 0 Å². The van der Waals surface area contributed by atoms with Crippen LogP contribution in [0.2, 0.25) is 0 Å². The Morgan fingerprint density at radius 2 is 1.77 bits per heavy atom. The van der Waals surface area contributed by atoms with Crippen LogP contribution in [0.25, 0.3) is 0 Å². The molecule has 0 unspecified atom stereocenters. The molecular weight excluding hydrogens is 168 g/mol. The molecule has 0 radical (unpaired) electrons. The van der Waals surface area contributed by atoms with E-state index < -0.39 is 5.60 Å². The summed E-state index contributed by atoms with van der Waals surface area (Å²) < 4.78 is 4.96. The number of rotatable bonds is 1. The molecule has 1 N–H and O–H groups in total. The summed E-state index contributed by atoms with van der Waals surface area (Å²) >= 11 is 0. The first-order valence-corrected chi connectivity index (χ1v) is 4.24. The number of aliphatic hydroxyl groups is 1. The van der Waals surface area contributed by atoms with Gasteiger partial charge < -0.3 is 9.84 Å². The van der Waals surface area contributed by atoms with Crippen molar-refractivity contribution >= 4 is 5.97 Å². The monoisotopic (exact) mass is 188 g/mol. The molecule has 0 heterocycles. The van der Waals surface area contributed by atoms with Crippen molar-refractivity contribution in [2.45, 2.75) is 40.2 Å². The average molecular weight is 188 g/mol. The van der Waals surface area contributed by atoms with Crippen LogP contribution in [0.5, 0.6) is 0 Å². The summed E-state index contributed by atoms with van der Waals surface area (Å²) in [5.74, 6) is -0.326. The molecule has 0 aliphatic heterocycles. The zero-order valence-corrected chi connectivity index (χ0v) is 9.18. The molecule has 0 aromatic heterocycles. The standard InChI is InChI=1S/C8H14O2.C2H6O/c1-6(2)7(9)10-8(3,4)5;1-2-3/h1H2,2-5H3;3H,2H2,1H3. The van der Waals surface area contributed by atoms with Crippen LogP contribution >= 0.6 is 0 Å². The van der Waals surface area contributed by atoms with Crippen molar-refractivity contribution in [1.82, 2.24) is 0 Å². The molecule has 0 saturated carbocycles. The number of carbonyl (C=O) groups is 1. The quantitative estimate of drug-likeness (QED) is 0.505. The molecule has 0 rings (SSSR count). The van der Waals surface area contributed by atoms with E-state index in [4.69, 9.17) is 9.84 Å². The first kappa shape index (κ1) is 14.7. The van der Waals surface area contributed by atoms with Gasteiger partial charge in [-0.05, 0) is 34.6 Å². The number of ether oxygens (including phenoxy) is 1. The predicted octanol–water partition coefficient (Wildman–Crippen LogP) is 1.90. The smallest absolute Gasteiger partial charge is 0.333 e. The fourth-order valence-corrected chi connectivity index (χ4v) is 0.365. The van der Waals surface area contributed by atoms with Gasteiger partial charge in [0, 0.05) is 12.2 Å². The first-order chi connectivity index (χ1) is 5.74. The number of hydrogen-bond acceptors (Lipinski definition) is 3. The van der Waals surface area contributed by atoms with Gasteiger partial charge >= 0.3 is 5.97 Å². The van der Waals surface area contributed by atoms with Crippen LogP contribution < -0.4 is 0 Å². The molecule has 0 aromatic rings. The van der Waals surface area contributed by atoms with Crippen LogP contribution in [-0.2, 0) is 9.53 Å². The van der Waals surface area contributed by atoms with Gasteiger partial charge in [-0.3, -0.25) is 0 Å². The molecular formula is C10H20O3. The summed E-state index contributed by atoms with van der Waals surface area (Å²) in [7, 11) is 0. The van der Waals surface area contributed by atoms with Crippen LogP contribution in [0.4, 0.5) is 0 Å². The Morgan fingerprint density at radius 3 is 1.85 bits per heavy atom. The molecule has 0 fully saturated rings. The lowest BCUT2D eigenvalue weighted by molar-refractivity contribution is -0.149. The van der Waals surface area contributed by atoms with Crippen molar-refractivity contribution in [1.29, 1.82) is 0 Å². The molecule has 78 valence electrons. The van der Waals surface area contributed by atoms with E-state index in [2.05, 4.69) is 6.58 Å². The molecule has 0 spiro atoms. The Morgan fingerprint density at radius 1 is 1.46 bits per heavy atom. The summed E-state index contributed by atoms with van der Waals surface area (Å²) in [5.41, 5.74) is 0.0330. The molecule has 0 bridgehead atoms. The zero-order valence-electron chi connectivity index (χ0n) is 9.18. The highest BCUT2D eigenvalue weighted by Crippen LogP contribution is 2.09. The Labute approximate surface area is 80.4 Å².